The zero-order valence-electron chi connectivity index (χ0n) is 13.9. The van der Waals surface area contributed by atoms with Crippen LogP contribution in [-0.4, -0.2) is 33.1 Å². The van der Waals surface area contributed by atoms with Gasteiger partial charge in [0.15, 0.2) is 5.76 Å². The van der Waals surface area contributed by atoms with Gasteiger partial charge in [-0.2, -0.15) is 0 Å². The fourth-order valence-corrected chi connectivity index (χ4v) is 3.75. The normalized spacial score (nSPS) is 11.4. The quantitative estimate of drug-likeness (QED) is 0.753. The Morgan fingerprint density at radius 3 is 2.68 bits per heavy atom. The summed E-state index contributed by atoms with van der Waals surface area (Å²) in [5, 5.41) is 6.68. The van der Waals surface area contributed by atoms with Gasteiger partial charge in [0.2, 0.25) is 15.9 Å². The Morgan fingerprint density at radius 2 is 2.08 bits per heavy atom. The number of halogens is 1. The molecule has 2 aromatic rings. The highest BCUT2D eigenvalue weighted by molar-refractivity contribution is 7.89. The highest BCUT2D eigenvalue weighted by Crippen LogP contribution is 2.27. The molecule has 1 amide bonds. The number of benzene rings is 1. The van der Waals surface area contributed by atoms with Crippen LogP contribution in [0.2, 0.25) is 5.02 Å². The molecule has 0 spiro atoms. The first-order valence-electron chi connectivity index (χ1n) is 7.30. The van der Waals surface area contributed by atoms with Gasteiger partial charge in [0.05, 0.1) is 12.8 Å². The molecule has 0 radical (unpaired) electrons. The van der Waals surface area contributed by atoms with Crippen molar-refractivity contribution in [1.29, 1.82) is 0 Å². The number of rotatable bonds is 7. The number of carbonyl (C=O) groups excluding carboxylic acids is 1. The second-order valence-electron chi connectivity index (χ2n) is 5.19. The van der Waals surface area contributed by atoms with Gasteiger partial charge >= 0.3 is 0 Å². The summed E-state index contributed by atoms with van der Waals surface area (Å²) in [6, 6.07) is 4.80. The van der Waals surface area contributed by atoms with Gasteiger partial charge in [-0.3, -0.25) is 4.79 Å². The number of nitrogens with one attached hydrogen (secondary N) is 2. The second-order valence-corrected chi connectivity index (χ2v) is 7.33. The number of aryl methyl sites for hydroxylation is 2. The first-order valence-corrected chi connectivity index (χ1v) is 9.16. The van der Waals surface area contributed by atoms with Crippen molar-refractivity contribution in [3.05, 3.63) is 34.7 Å². The molecule has 8 nitrogen and oxygen atoms in total. The minimum atomic E-state index is -3.80. The van der Waals surface area contributed by atoms with Crippen molar-refractivity contribution in [1.82, 2.24) is 9.88 Å². The van der Waals surface area contributed by atoms with E-state index in [-0.39, 0.29) is 35.2 Å². The predicted octanol–water partition coefficient (Wildman–Crippen LogP) is 2.26. The van der Waals surface area contributed by atoms with E-state index < -0.39 is 10.0 Å². The van der Waals surface area contributed by atoms with Crippen LogP contribution in [-0.2, 0) is 14.8 Å². The van der Waals surface area contributed by atoms with Gasteiger partial charge < -0.3 is 14.6 Å². The lowest BCUT2D eigenvalue weighted by Crippen LogP contribution is -2.28. The molecule has 1 aromatic heterocycles. The monoisotopic (exact) mass is 387 g/mol. The summed E-state index contributed by atoms with van der Waals surface area (Å²) in [5.74, 6) is 0.259. The molecule has 1 aromatic carbocycles. The summed E-state index contributed by atoms with van der Waals surface area (Å²) in [6.45, 7) is 2.96. The second kappa shape index (κ2) is 7.85. The summed E-state index contributed by atoms with van der Waals surface area (Å²) in [4.78, 5) is 12.0. The first kappa shape index (κ1) is 19.2. The lowest BCUT2D eigenvalue weighted by atomic mass is 10.2. The van der Waals surface area contributed by atoms with E-state index in [2.05, 4.69) is 15.2 Å². The van der Waals surface area contributed by atoms with Crippen molar-refractivity contribution in [2.75, 3.05) is 19.0 Å². The molecule has 0 aliphatic rings. The Bertz CT molecular complexity index is 860. The summed E-state index contributed by atoms with van der Waals surface area (Å²) < 4.78 is 36.8. The molecule has 10 heteroatoms. The van der Waals surface area contributed by atoms with Crippen LogP contribution in [0.1, 0.15) is 17.9 Å². The van der Waals surface area contributed by atoms with Gasteiger partial charge in [0.1, 0.15) is 16.3 Å². The third-order valence-electron chi connectivity index (χ3n) is 3.32. The lowest BCUT2D eigenvalue weighted by Gasteiger charge is -2.11. The number of amides is 1. The van der Waals surface area contributed by atoms with E-state index >= 15 is 0 Å². The molecule has 0 unspecified atom stereocenters. The molecule has 0 aliphatic heterocycles. The van der Waals surface area contributed by atoms with Crippen LogP contribution in [0.25, 0.3) is 0 Å². The van der Waals surface area contributed by atoms with Crippen LogP contribution < -0.4 is 14.8 Å². The molecular formula is C15H18ClN3O5S. The van der Waals surface area contributed by atoms with E-state index in [1.807, 2.05) is 0 Å². The van der Waals surface area contributed by atoms with Crippen LogP contribution in [0.4, 0.5) is 5.69 Å². The molecular weight excluding hydrogens is 370 g/mol. The summed E-state index contributed by atoms with van der Waals surface area (Å²) in [7, 11) is -2.33. The molecule has 0 saturated heterocycles. The van der Waals surface area contributed by atoms with E-state index in [0.29, 0.717) is 16.5 Å². The number of nitrogens with zero attached hydrogens (tertiary/aromatic N) is 1. The van der Waals surface area contributed by atoms with Gasteiger partial charge in [-0.05, 0) is 32.0 Å². The van der Waals surface area contributed by atoms with Gasteiger partial charge in [-0.15, -0.1) is 0 Å². The molecule has 0 saturated carbocycles. The van der Waals surface area contributed by atoms with Crippen molar-refractivity contribution in [2.45, 2.75) is 25.2 Å². The van der Waals surface area contributed by atoms with E-state index in [0.717, 1.165) is 0 Å². The largest absolute Gasteiger partial charge is 0.495 e. The van der Waals surface area contributed by atoms with Crippen LogP contribution in [0.3, 0.4) is 0 Å². The number of hydrogen-bond acceptors (Lipinski definition) is 6. The Balaban J connectivity index is 1.96. The topological polar surface area (TPSA) is 111 Å². The van der Waals surface area contributed by atoms with Crippen molar-refractivity contribution in [3.63, 3.8) is 0 Å². The molecule has 0 bridgehead atoms. The smallest absolute Gasteiger partial charge is 0.245 e. The SMILES string of the molecule is COc1ccc(Cl)cc1NC(=O)CCNS(=O)(=O)c1c(C)noc1C. The van der Waals surface area contributed by atoms with Crippen molar-refractivity contribution < 1.29 is 22.5 Å². The van der Waals surface area contributed by atoms with Crippen LogP contribution in [0, 0.1) is 13.8 Å². The van der Waals surface area contributed by atoms with E-state index in [4.69, 9.17) is 20.9 Å². The van der Waals surface area contributed by atoms with Gasteiger partial charge in [-0.1, -0.05) is 16.8 Å². The van der Waals surface area contributed by atoms with Gasteiger partial charge in [0.25, 0.3) is 0 Å². The maximum Gasteiger partial charge on any atom is 0.245 e. The van der Waals surface area contributed by atoms with Gasteiger partial charge in [-0.25, -0.2) is 13.1 Å². The molecule has 2 rings (SSSR count). The Hall–Kier alpha value is -2.10. The molecule has 2 N–H and O–H groups in total. The van der Waals surface area contributed by atoms with Crippen LogP contribution in [0.5, 0.6) is 5.75 Å². The molecule has 0 fully saturated rings. The molecule has 136 valence electrons. The van der Waals surface area contributed by atoms with Crippen LogP contribution >= 0.6 is 11.6 Å². The summed E-state index contributed by atoms with van der Waals surface area (Å²) in [5.41, 5.74) is 0.673. The Morgan fingerprint density at radius 1 is 1.36 bits per heavy atom. The van der Waals surface area contributed by atoms with Crippen molar-refractivity contribution in [2.24, 2.45) is 0 Å². The molecule has 0 aliphatic carbocycles. The Kier molecular flexibility index (Phi) is 6.04. The number of ether oxygens (including phenoxy) is 1. The summed E-state index contributed by atoms with van der Waals surface area (Å²) in [6.07, 6.45) is -0.0712. The number of hydrogen-bond donors (Lipinski definition) is 2. The molecule has 25 heavy (non-hydrogen) atoms. The number of sulfonamides is 1. The van der Waals surface area contributed by atoms with Crippen molar-refractivity contribution >= 4 is 33.2 Å². The zero-order chi connectivity index (χ0) is 18.6. The molecule has 0 atom stereocenters. The minimum Gasteiger partial charge on any atom is -0.495 e. The summed E-state index contributed by atoms with van der Waals surface area (Å²) >= 11 is 5.89. The van der Waals surface area contributed by atoms with Crippen LogP contribution in [0.15, 0.2) is 27.6 Å². The Labute approximate surface area is 150 Å². The van der Waals surface area contributed by atoms with E-state index in [9.17, 15) is 13.2 Å². The van der Waals surface area contributed by atoms with E-state index in [1.54, 1.807) is 18.2 Å². The number of anilines is 1. The number of aromatic nitrogens is 1. The standard InChI is InChI=1S/C15H18ClN3O5S/c1-9-15(10(2)24-19-9)25(21,22)17-7-6-14(20)18-12-8-11(16)4-5-13(12)23-3/h4-5,8,17H,6-7H2,1-3H3,(H,18,20). The number of carbonyl (C=O) groups is 1. The first-order chi connectivity index (χ1) is 11.7. The average molecular weight is 388 g/mol. The fraction of sp³-hybridized carbons (Fsp3) is 0.333. The highest BCUT2D eigenvalue weighted by Gasteiger charge is 2.23. The number of methoxy groups -OCH3 is 1. The third kappa shape index (κ3) is 4.71. The zero-order valence-corrected chi connectivity index (χ0v) is 15.5. The van der Waals surface area contributed by atoms with Crippen molar-refractivity contribution in [3.8, 4) is 5.75 Å². The fourth-order valence-electron chi connectivity index (χ4n) is 2.22. The highest BCUT2D eigenvalue weighted by atomic mass is 35.5. The third-order valence-corrected chi connectivity index (χ3v) is 5.26. The molecule has 1 heterocycles. The van der Waals surface area contributed by atoms with E-state index in [1.165, 1.54) is 21.0 Å². The minimum absolute atomic E-state index is 0.00980. The van der Waals surface area contributed by atoms with Gasteiger partial charge in [0, 0.05) is 18.0 Å². The maximum atomic E-state index is 12.2. The lowest BCUT2D eigenvalue weighted by molar-refractivity contribution is -0.116. The maximum absolute atomic E-state index is 12.2. The predicted molar refractivity (Wildman–Crippen MR) is 92.4 cm³/mol. The average Bonchev–Trinajstić information content (AvgIpc) is 2.87.